The maximum atomic E-state index is 12.1. The predicted molar refractivity (Wildman–Crippen MR) is 68.8 cm³/mol. The lowest BCUT2D eigenvalue weighted by Crippen LogP contribution is -2.33. The molecule has 100 valence electrons. The molecule has 1 saturated heterocycles. The second kappa shape index (κ2) is 5.96. The minimum atomic E-state index is -2.93. The van der Waals surface area contributed by atoms with E-state index in [-0.39, 0.29) is 22.7 Å². The quantitative estimate of drug-likeness (QED) is 0.747. The Labute approximate surface area is 104 Å². The van der Waals surface area contributed by atoms with Crippen LogP contribution in [0.15, 0.2) is 0 Å². The number of nitrogens with one attached hydrogen (secondary N) is 1. The molecule has 0 aliphatic carbocycles. The molecule has 4 nitrogen and oxygen atoms in total. The van der Waals surface area contributed by atoms with E-state index in [4.69, 9.17) is 0 Å². The molecular formula is C12H23NO3S. The number of carbonyl (C=O) groups excluding carboxylic acids is 1. The van der Waals surface area contributed by atoms with Gasteiger partial charge in [-0.2, -0.15) is 0 Å². The molecule has 1 fully saturated rings. The molecule has 1 unspecified atom stereocenters. The summed E-state index contributed by atoms with van der Waals surface area (Å²) in [5.74, 6) is 0.542. The van der Waals surface area contributed by atoms with Crippen LogP contribution in [0, 0.1) is 5.41 Å². The van der Waals surface area contributed by atoms with Gasteiger partial charge in [-0.3, -0.25) is 4.79 Å². The van der Waals surface area contributed by atoms with Crippen molar-refractivity contribution in [3.05, 3.63) is 0 Å². The standard InChI is InChI=1S/C12H23NO3S/c1-3-12(7-8-13-10-12)11(14)6-5-9-17(15,16)4-2/h13H,3-10H2,1-2H3. The number of Topliss-reactive ketones (excluding diaryl/α,β-unsaturated/α-hetero) is 1. The first-order valence-electron chi connectivity index (χ1n) is 6.40. The smallest absolute Gasteiger partial charge is 0.150 e. The highest BCUT2D eigenvalue weighted by atomic mass is 32.2. The Morgan fingerprint density at radius 2 is 2.06 bits per heavy atom. The summed E-state index contributed by atoms with van der Waals surface area (Å²) in [6.45, 7) is 5.33. The molecule has 5 heteroatoms. The van der Waals surface area contributed by atoms with Crippen LogP contribution in [-0.2, 0) is 14.6 Å². The Hall–Kier alpha value is -0.420. The number of hydrogen-bond acceptors (Lipinski definition) is 4. The van der Waals surface area contributed by atoms with Gasteiger partial charge in [-0.05, 0) is 25.8 Å². The summed E-state index contributed by atoms with van der Waals surface area (Å²) in [5.41, 5.74) is -0.226. The van der Waals surface area contributed by atoms with Crippen molar-refractivity contribution in [2.24, 2.45) is 5.41 Å². The zero-order valence-corrected chi connectivity index (χ0v) is 11.6. The summed E-state index contributed by atoms with van der Waals surface area (Å²) in [4.78, 5) is 12.1. The maximum Gasteiger partial charge on any atom is 0.150 e. The van der Waals surface area contributed by atoms with Gasteiger partial charge in [0.25, 0.3) is 0 Å². The lowest BCUT2D eigenvalue weighted by Gasteiger charge is -2.24. The summed E-state index contributed by atoms with van der Waals surface area (Å²) in [7, 11) is -2.93. The van der Waals surface area contributed by atoms with Crippen molar-refractivity contribution in [3.8, 4) is 0 Å². The summed E-state index contributed by atoms with van der Waals surface area (Å²) in [5, 5.41) is 3.22. The monoisotopic (exact) mass is 261 g/mol. The average molecular weight is 261 g/mol. The fourth-order valence-corrected chi connectivity index (χ4v) is 3.22. The highest BCUT2D eigenvalue weighted by molar-refractivity contribution is 7.91. The van der Waals surface area contributed by atoms with Crippen LogP contribution in [0.2, 0.25) is 0 Å². The number of carbonyl (C=O) groups is 1. The number of hydrogen-bond donors (Lipinski definition) is 1. The van der Waals surface area contributed by atoms with Crippen molar-refractivity contribution in [3.63, 3.8) is 0 Å². The van der Waals surface area contributed by atoms with Crippen LogP contribution >= 0.6 is 0 Å². The zero-order valence-electron chi connectivity index (χ0n) is 10.8. The van der Waals surface area contributed by atoms with Gasteiger partial charge in [0.05, 0.1) is 5.75 Å². The Kier molecular flexibility index (Phi) is 5.13. The largest absolute Gasteiger partial charge is 0.316 e. The minimum absolute atomic E-state index is 0.141. The van der Waals surface area contributed by atoms with E-state index >= 15 is 0 Å². The lowest BCUT2D eigenvalue weighted by molar-refractivity contribution is -0.128. The molecule has 0 saturated carbocycles. The molecule has 0 aromatic rings. The first-order chi connectivity index (χ1) is 7.96. The third-order valence-corrected chi connectivity index (χ3v) is 5.60. The second-order valence-corrected chi connectivity index (χ2v) is 7.30. The van der Waals surface area contributed by atoms with Crippen LogP contribution < -0.4 is 5.32 Å². The summed E-state index contributed by atoms with van der Waals surface area (Å²) >= 11 is 0. The van der Waals surface area contributed by atoms with Gasteiger partial charge in [-0.15, -0.1) is 0 Å². The SMILES string of the molecule is CCC1(C(=O)CCCS(=O)(=O)CC)CCNC1. The van der Waals surface area contributed by atoms with E-state index in [0.717, 1.165) is 25.9 Å². The maximum absolute atomic E-state index is 12.1. The van der Waals surface area contributed by atoms with E-state index in [1.807, 2.05) is 6.92 Å². The summed E-state index contributed by atoms with van der Waals surface area (Å²) in [6, 6.07) is 0. The molecule has 0 aromatic carbocycles. The van der Waals surface area contributed by atoms with Gasteiger partial charge >= 0.3 is 0 Å². The van der Waals surface area contributed by atoms with Crippen molar-refractivity contribution in [2.75, 3.05) is 24.6 Å². The van der Waals surface area contributed by atoms with Crippen LogP contribution in [0.25, 0.3) is 0 Å². The van der Waals surface area contributed by atoms with Gasteiger partial charge in [-0.25, -0.2) is 8.42 Å². The van der Waals surface area contributed by atoms with Crippen LogP contribution in [0.3, 0.4) is 0 Å². The molecule has 0 radical (unpaired) electrons. The van der Waals surface area contributed by atoms with E-state index in [2.05, 4.69) is 5.32 Å². The molecule has 1 N–H and O–H groups in total. The molecule has 1 heterocycles. The molecule has 1 aliphatic heterocycles. The molecule has 0 spiro atoms. The average Bonchev–Trinajstić information content (AvgIpc) is 2.78. The third-order valence-electron chi connectivity index (χ3n) is 3.81. The normalized spacial score (nSPS) is 25.1. The third kappa shape index (κ3) is 3.78. The van der Waals surface area contributed by atoms with Gasteiger partial charge < -0.3 is 5.32 Å². The number of ketones is 1. The van der Waals surface area contributed by atoms with Gasteiger partial charge in [0, 0.05) is 24.1 Å². The van der Waals surface area contributed by atoms with Crippen molar-refractivity contribution >= 4 is 15.6 Å². The van der Waals surface area contributed by atoms with E-state index in [1.165, 1.54) is 0 Å². The van der Waals surface area contributed by atoms with E-state index in [0.29, 0.717) is 12.8 Å². The molecule has 1 rings (SSSR count). The van der Waals surface area contributed by atoms with Crippen LogP contribution in [-0.4, -0.2) is 38.8 Å². The first kappa shape index (κ1) is 14.6. The highest BCUT2D eigenvalue weighted by Crippen LogP contribution is 2.32. The van der Waals surface area contributed by atoms with Crippen LogP contribution in [0.5, 0.6) is 0 Å². The Morgan fingerprint density at radius 3 is 2.53 bits per heavy atom. The van der Waals surface area contributed by atoms with E-state index in [9.17, 15) is 13.2 Å². The van der Waals surface area contributed by atoms with Crippen molar-refractivity contribution in [1.82, 2.24) is 5.32 Å². The van der Waals surface area contributed by atoms with E-state index < -0.39 is 9.84 Å². The van der Waals surface area contributed by atoms with Crippen LogP contribution in [0.1, 0.15) is 39.5 Å². The second-order valence-electron chi connectivity index (χ2n) is 4.82. The van der Waals surface area contributed by atoms with Gasteiger partial charge in [0.15, 0.2) is 0 Å². The number of sulfone groups is 1. The summed E-state index contributed by atoms with van der Waals surface area (Å²) in [6.07, 6.45) is 2.60. The topological polar surface area (TPSA) is 63.2 Å². The highest BCUT2D eigenvalue weighted by Gasteiger charge is 2.38. The van der Waals surface area contributed by atoms with Crippen LogP contribution in [0.4, 0.5) is 0 Å². The molecule has 0 bridgehead atoms. The first-order valence-corrected chi connectivity index (χ1v) is 8.22. The molecule has 1 aliphatic rings. The fourth-order valence-electron chi connectivity index (χ4n) is 2.34. The fraction of sp³-hybridized carbons (Fsp3) is 0.917. The number of rotatable bonds is 7. The molecular weight excluding hydrogens is 238 g/mol. The zero-order chi connectivity index (χ0) is 12.9. The lowest BCUT2D eigenvalue weighted by atomic mass is 9.78. The molecule has 17 heavy (non-hydrogen) atoms. The van der Waals surface area contributed by atoms with E-state index in [1.54, 1.807) is 6.92 Å². The van der Waals surface area contributed by atoms with Crippen molar-refractivity contribution in [1.29, 1.82) is 0 Å². The van der Waals surface area contributed by atoms with Gasteiger partial charge in [-0.1, -0.05) is 13.8 Å². The Bertz CT molecular complexity index is 356. The summed E-state index contributed by atoms with van der Waals surface area (Å²) < 4.78 is 22.7. The Morgan fingerprint density at radius 1 is 1.35 bits per heavy atom. The molecule has 1 atom stereocenters. The molecule has 0 amide bonds. The van der Waals surface area contributed by atoms with Gasteiger partial charge in [0.1, 0.15) is 15.6 Å². The predicted octanol–water partition coefficient (Wildman–Crippen LogP) is 1.16. The minimum Gasteiger partial charge on any atom is -0.316 e. The Balaban J connectivity index is 2.44. The van der Waals surface area contributed by atoms with Crippen molar-refractivity contribution in [2.45, 2.75) is 39.5 Å². The van der Waals surface area contributed by atoms with Gasteiger partial charge in [0.2, 0.25) is 0 Å². The van der Waals surface area contributed by atoms with Crippen molar-refractivity contribution < 1.29 is 13.2 Å². The molecule has 0 aromatic heterocycles.